The number of nitrogens with one attached hydrogen (secondary N) is 2. The topological polar surface area (TPSA) is 119 Å². The molecule has 3 rings (SSSR count). The van der Waals surface area contributed by atoms with E-state index in [0.717, 1.165) is 0 Å². The first-order valence-electron chi connectivity index (χ1n) is 8.40. The molecule has 0 radical (unpaired) electrons. The number of aromatic nitrogens is 2. The van der Waals surface area contributed by atoms with E-state index in [1.807, 2.05) is 0 Å². The highest BCUT2D eigenvalue weighted by atomic mass is 16.6. The maximum atomic E-state index is 12.3. The lowest BCUT2D eigenvalue weighted by molar-refractivity contribution is -0.384. The average Bonchev–Trinajstić information content (AvgIpc) is 3.22. The predicted octanol–water partition coefficient (Wildman–Crippen LogP) is 3.24. The normalized spacial score (nSPS) is 11.5. The molecular weight excluding hydrogens is 362 g/mol. The van der Waals surface area contributed by atoms with Crippen LogP contribution in [0.1, 0.15) is 23.3 Å². The van der Waals surface area contributed by atoms with Crippen LogP contribution in [0.15, 0.2) is 67.0 Å². The lowest BCUT2D eigenvalue weighted by Crippen LogP contribution is -2.24. The highest BCUT2D eigenvalue weighted by Crippen LogP contribution is 2.18. The first-order valence-corrected chi connectivity index (χ1v) is 8.40. The fourth-order valence-corrected chi connectivity index (χ4v) is 2.49. The van der Waals surface area contributed by atoms with Crippen molar-refractivity contribution in [1.82, 2.24) is 9.78 Å². The van der Waals surface area contributed by atoms with Gasteiger partial charge < -0.3 is 10.6 Å². The van der Waals surface area contributed by atoms with Crippen LogP contribution in [-0.4, -0.2) is 26.5 Å². The molecule has 2 N–H and O–H groups in total. The molecule has 1 atom stereocenters. The van der Waals surface area contributed by atoms with Gasteiger partial charge in [-0.2, -0.15) is 5.10 Å². The third-order valence-electron chi connectivity index (χ3n) is 4.03. The summed E-state index contributed by atoms with van der Waals surface area (Å²) in [5, 5.41) is 20.2. The number of nitro groups is 1. The fraction of sp³-hybridized carbons (Fsp3) is 0.105. The Hall–Kier alpha value is -4.01. The van der Waals surface area contributed by atoms with Gasteiger partial charge in [-0.05, 0) is 43.3 Å². The van der Waals surface area contributed by atoms with E-state index in [1.54, 1.807) is 49.6 Å². The van der Waals surface area contributed by atoms with Crippen LogP contribution in [0.2, 0.25) is 0 Å². The SMILES string of the molecule is CC(C(=O)Nc1cccc(NC(=O)c2ccc([N+](=O)[O-])cc2)c1)n1cccn1. The van der Waals surface area contributed by atoms with Crippen molar-refractivity contribution in [3.63, 3.8) is 0 Å². The third-order valence-corrected chi connectivity index (χ3v) is 4.03. The van der Waals surface area contributed by atoms with Gasteiger partial charge >= 0.3 is 0 Å². The van der Waals surface area contributed by atoms with Crippen molar-refractivity contribution in [2.75, 3.05) is 10.6 Å². The van der Waals surface area contributed by atoms with E-state index >= 15 is 0 Å². The van der Waals surface area contributed by atoms with Gasteiger partial charge in [-0.3, -0.25) is 24.4 Å². The third kappa shape index (κ3) is 4.39. The van der Waals surface area contributed by atoms with Crippen LogP contribution >= 0.6 is 0 Å². The number of hydrogen-bond acceptors (Lipinski definition) is 5. The van der Waals surface area contributed by atoms with Crippen molar-refractivity contribution in [2.45, 2.75) is 13.0 Å². The number of anilines is 2. The van der Waals surface area contributed by atoms with Gasteiger partial charge in [0.25, 0.3) is 11.6 Å². The highest BCUT2D eigenvalue weighted by molar-refractivity contribution is 6.04. The molecule has 0 bridgehead atoms. The summed E-state index contributed by atoms with van der Waals surface area (Å²) < 4.78 is 1.54. The number of nitrogens with zero attached hydrogens (tertiary/aromatic N) is 3. The number of amides is 2. The Morgan fingerprint density at radius 1 is 1.07 bits per heavy atom. The number of hydrogen-bond donors (Lipinski definition) is 2. The molecule has 0 fully saturated rings. The second-order valence-corrected chi connectivity index (χ2v) is 5.99. The van der Waals surface area contributed by atoms with Gasteiger partial charge in [0.05, 0.1) is 4.92 Å². The van der Waals surface area contributed by atoms with E-state index in [2.05, 4.69) is 15.7 Å². The monoisotopic (exact) mass is 379 g/mol. The Labute approximate surface area is 160 Å². The van der Waals surface area contributed by atoms with Crippen LogP contribution in [0.3, 0.4) is 0 Å². The van der Waals surface area contributed by atoms with E-state index in [1.165, 1.54) is 28.9 Å². The van der Waals surface area contributed by atoms with E-state index in [-0.39, 0.29) is 17.2 Å². The smallest absolute Gasteiger partial charge is 0.269 e. The molecule has 0 aliphatic rings. The van der Waals surface area contributed by atoms with Crippen molar-refractivity contribution in [2.24, 2.45) is 0 Å². The van der Waals surface area contributed by atoms with Crippen LogP contribution in [0.5, 0.6) is 0 Å². The van der Waals surface area contributed by atoms with Crippen LogP contribution in [0.25, 0.3) is 0 Å². The maximum absolute atomic E-state index is 12.3. The summed E-state index contributed by atoms with van der Waals surface area (Å²) >= 11 is 0. The van der Waals surface area contributed by atoms with Crippen LogP contribution in [0, 0.1) is 10.1 Å². The molecule has 0 spiro atoms. The Morgan fingerprint density at radius 2 is 1.75 bits per heavy atom. The molecule has 142 valence electrons. The standard InChI is InChI=1S/C19H17N5O4/c1-13(23-11-3-10-20-23)18(25)21-15-4-2-5-16(12-15)22-19(26)14-6-8-17(9-7-14)24(27)28/h2-13H,1H3,(H,21,25)(H,22,26). The second kappa shape index (κ2) is 8.12. The molecule has 2 aromatic carbocycles. The van der Waals surface area contributed by atoms with Gasteiger partial charge in [0, 0.05) is 41.5 Å². The minimum Gasteiger partial charge on any atom is -0.324 e. The van der Waals surface area contributed by atoms with Crippen molar-refractivity contribution in [3.05, 3.63) is 82.7 Å². The molecule has 28 heavy (non-hydrogen) atoms. The van der Waals surface area contributed by atoms with Gasteiger partial charge in [-0.1, -0.05) is 6.07 Å². The minimum atomic E-state index is -0.530. The molecule has 1 unspecified atom stereocenters. The molecule has 0 saturated carbocycles. The zero-order chi connectivity index (χ0) is 20.1. The van der Waals surface area contributed by atoms with Gasteiger partial charge in [0.2, 0.25) is 5.91 Å². The Balaban J connectivity index is 1.66. The van der Waals surface area contributed by atoms with Crippen molar-refractivity contribution < 1.29 is 14.5 Å². The number of non-ortho nitro benzene ring substituents is 1. The van der Waals surface area contributed by atoms with Gasteiger partial charge in [-0.15, -0.1) is 0 Å². The number of rotatable bonds is 6. The number of nitro benzene ring substituents is 1. The van der Waals surface area contributed by atoms with Crippen LogP contribution in [0.4, 0.5) is 17.1 Å². The number of carbonyl (C=O) groups is 2. The van der Waals surface area contributed by atoms with E-state index in [0.29, 0.717) is 11.4 Å². The minimum absolute atomic E-state index is 0.0902. The molecule has 0 saturated heterocycles. The van der Waals surface area contributed by atoms with Gasteiger partial charge in [0.1, 0.15) is 6.04 Å². The second-order valence-electron chi connectivity index (χ2n) is 5.99. The molecule has 2 amide bonds. The summed E-state index contributed by atoms with van der Waals surface area (Å²) in [6.07, 6.45) is 3.29. The summed E-state index contributed by atoms with van der Waals surface area (Å²) in [6.45, 7) is 1.72. The van der Waals surface area contributed by atoms with Crippen molar-refractivity contribution >= 4 is 28.9 Å². The zero-order valence-corrected chi connectivity index (χ0v) is 14.9. The van der Waals surface area contributed by atoms with E-state index in [9.17, 15) is 19.7 Å². The Kier molecular flexibility index (Phi) is 5.45. The molecule has 1 aromatic heterocycles. The molecule has 9 heteroatoms. The molecule has 9 nitrogen and oxygen atoms in total. The molecule has 0 aliphatic carbocycles. The lowest BCUT2D eigenvalue weighted by Gasteiger charge is -2.13. The van der Waals surface area contributed by atoms with E-state index < -0.39 is 16.9 Å². The first-order chi connectivity index (χ1) is 13.4. The van der Waals surface area contributed by atoms with Crippen molar-refractivity contribution in [1.29, 1.82) is 0 Å². The number of benzene rings is 2. The van der Waals surface area contributed by atoms with Gasteiger partial charge in [-0.25, -0.2) is 0 Å². The number of carbonyl (C=O) groups excluding carboxylic acids is 2. The predicted molar refractivity (Wildman–Crippen MR) is 103 cm³/mol. The highest BCUT2D eigenvalue weighted by Gasteiger charge is 2.15. The summed E-state index contributed by atoms with van der Waals surface area (Å²) in [5.74, 6) is -0.661. The molecule has 3 aromatic rings. The maximum Gasteiger partial charge on any atom is 0.269 e. The van der Waals surface area contributed by atoms with Crippen molar-refractivity contribution in [3.8, 4) is 0 Å². The summed E-state index contributed by atoms with van der Waals surface area (Å²) in [4.78, 5) is 34.8. The summed E-state index contributed by atoms with van der Waals surface area (Å²) in [6, 6.07) is 13.2. The molecule has 1 heterocycles. The molecule has 0 aliphatic heterocycles. The Bertz CT molecular complexity index is 999. The zero-order valence-electron chi connectivity index (χ0n) is 14.9. The molecular formula is C19H17N5O4. The fourth-order valence-electron chi connectivity index (χ4n) is 2.49. The lowest BCUT2D eigenvalue weighted by atomic mass is 10.2. The average molecular weight is 379 g/mol. The summed E-state index contributed by atoms with van der Waals surface area (Å²) in [7, 11) is 0. The van der Waals surface area contributed by atoms with Gasteiger partial charge in [0.15, 0.2) is 0 Å². The summed E-state index contributed by atoms with van der Waals surface area (Å²) in [5.41, 5.74) is 1.19. The Morgan fingerprint density at radius 3 is 2.36 bits per heavy atom. The largest absolute Gasteiger partial charge is 0.324 e. The quantitative estimate of drug-likeness (QED) is 0.503. The van der Waals surface area contributed by atoms with Crippen LogP contribution < -0.4 is 10.6 Å². The first kappa shape index (κ1) is 18.8. The van der Waals surface area contributed by atoms with Crippen LogP contribution in [-0.2, 0) is 4.79 Å². The van der Waals surface area contributed by atoms with E-state index in [4.69, 9.17) is 0 Å².